The molecule has 1 aliphatic rings. The Bertz CT molecular complexity index is 1110. The summed E-state index contributed by atoms with van der Waals surface area (Å²) in [5.41, 5.74) is 2.72. The van der Waals surface area contributed by atoms with Gasteiger partial charge in [-0.1, -0.05) is 35.3 Å². The molecule has 1 unspecified atom stereocenters. The number of carbonyl (C=O) groups is 1. The quantitative estimate of drug-likeness (QED) is 0.486. The van der Waals surface area contributed by atoms with Crippen LogP contribution in [0.25, 0.3) is 0 Å². The third-order valence-corrected chi connectivity index (χ3v) is 6.03. The number of rotatable bonds is 3. The largest absolute Gasteiger partial charge is 0.476 e. The number of hydrogen-bond donors (Lipinski definition) is 2. The van der Waals surface area contributed by atoms with Crippen LogP contribution in [0.3, 0.4) is 0 Å². The van der Waals surface area contributed by atoms with Crippen molar-refractivity contribution in [2.75, 3.05) is 5.32 Å². The van der Waals surface area contributed by atoms with Gasteiger partial charge in [-0.05, 0) is 71.2 Å². The normalized spacial score (nSPS) is 17.0. The molecule has 5 nitrogen and oxygen atoms in total. The fourth-order valence-electron chi connectivity index (χ4n) is 3.83. The fourth-order valence-corrected chi connectivity index (χ4v) is 5.00. The average Bonchev–Trinajstić information content (AvgIpc) is 2.98. The van der Waals surface area contributed by atoms with Gasteiger partial charge in [-0.25, -0.2) is 9.78 Å². The monoisotopic (exact) mass is 479 g/mol. The summed E-state index contributed by atoms with van der Waals surface area (Å²) in [5.74, 6) is -1.08. The number of aromatic carboxylic acids is 1. The van der Waals surface area contributed by atoms with Gasteiger partial charge in [-0.15, -0.1) is 0 Å². The zero-order valence-electron chi connectivity index (χ0n) is 15.0. The number of imidazole rings is 1. The van der Waals surface area contributed by atoms with Gasteiger partial charge in [0.2, 0.25) is 0 Å². The van der Waals surface area contributed by atoms with Crippen LogP contribution in [0.15, 0.2) is 47.2 Å². The Labute approximate surface area is 180 Å². The van der Waals surface area contributed by atoms with E-state index in [-0.39, 0.29) is 5.69 Å². The van der Waals surface area contributed by atoms with Crippen molar-refractivity contribution in [3.05, 3.63) is 79.8 Å². The van der Waals surface area contributed by atoms with E-state index in [4.69, 9.17) is 23.2 Å². The van der Waals surface area contributed by atoms with Gasteiger partial charge in [0.1, 0.15) is 0 Å². The molecule has 28 heavy (non-hydrogen) atoms. The number of carboxylic acids is 1. The highest BCUT2D eigenvalue weighted by molar-refractivity contribution is 9.10. The van der Waals surface area contributed by atoms with Crippen molar-refractivity contribution < 1.29 is 9.90 Å². The Hall–Kier alpha value is -2.02. The Morgan fingerprint density at radius 2 is 1.93 bits per heavy atom. The van der Waals surface area contributed by atoms with Crippen molar-refractivity contribution in [3.8, 4) is 0 Å². The second-order valence-electron chi connectivity index (χ2n) is 7.13. The minimum absolute atomic E-state index is 0.0000723. The first kappa shape index (κ1) is 19.3. The lowest BCUT2D eigenvalue weighted by Gasteiger charge is -2.40. The van der Waals surface area contributed by atoms with Crippen molar-refractivity contribution in [1.29, 1.82) is 0 Å². The van der Waals surface area contributed by atoms with E-state index in [9.17, 15) is 9.90 Å². The topological polar surface area (TPSA) is 67.2 Å². The smallest absolute Gasteiger partial charge is 0.356 e. The van der Waals surface area contributed by atoms with E-state index in [0.717, 1.165) is 16.8 Å². The first-order valence-corrected chi connectivity index (χ1v) is 10.1. The molecule has 3 aromatic rings. The Kier molecular flexibility index (Phi) is 4.68. The molecule has 1 aliphatic heterocycles. The molecule has 0 saturated heterocycles. The number of halogens is 3. The zero-order chi connectivity index (χ0) is 20.2. The SMILES string of the molecule is CC1(C)c2cc(Cl)ccc2C(Nc2cccc(Cl)c2)c2c(C(=O)O)nc(Br)n21. The molecule has 0 bridgehead atoms. The highest BCUT2D eigenvalue weighted by atomic mass is 79.9. The third kappa shape index (κ3) is 3.00. The summed E-state index contributed by atoms with van der Waals surface area (Å²) in [6.45, 7) is 4.03. The summed E-state index contributed by atoms with van der Waals surface area (Å²) >= 11 is 15.9. The molecule has 2 N–H and O–H groups in total. The first-order chi connectivity index (χ1) is 13.2. The molecule has 0 radical (unpaired) electrons. The molecule has 8 heteroatoms. The Morgan fingerprint density at radius 1 is 1.21 bits per heavy atom. The standard InChI is InChI=1S/C20H16BrCl2N3O2/c1-20(2)14-9-11(23)6-7-13(14)15(24-12-5-3-4-10(22)8-12)17-16(18(27)28)25-19(21)26(17)20/h3-9,15,24H,1-2H3,(H,27,28). The van der Waals surface area contributed by atoms with Crippen molar-refractivity contribution in [2.24, 2.45) is 0 Å². The van der Waals surface area contributed by atoms with Crippen LogP contribution in [0.4, 0.5) is 5.69 Å². The number of fused-ring (bicyclic) bond motifs is 2. The maximum Gasteiger partial charge on any atom is 0.356 e. The van der Waals surface area contributed by atoms with Gasteiger partial charge >= 0.3 is 5.97 Å². The van der Waals surface area contributed by atoms with Crippen LogP contribution < -0.4 is 5.32 Å². The summed E-state index contributed by atoms with van der Waals surface area (Å²) in [6, 6.07) is 12.5. The van der Waals surface area contributed by atoms with E-state index in [2.05, 4.69) is 26.2 Å². The molecule has 0 spiro atoms. The fraction of sp³-hybridized carbons (Fsp3) is 0.200. The summed E-state index contributed by atoms with van der Waals surface area (Å²) in [7, 11) is 0. The van der Waals surface area contributed by atoms with E-state index in [0.29, 0.717) is 20.5 Å². The van der Waals surface area contributed by atoms with E-state index < -0.39 is 17.6 Å². The predicted octanol–water partition coefficient (Wildman–Crippen LogP) is 5.95. The van der Waals surface area contributed by atoms with Crippen molar-refractivity contribution >= 4 is 50.8 Å². The molecule has 0 fully saturated rings. The van der Waals surface area contributed by atoms with Crippen molar-refractivity contribution in [3.63, 3.8) is 0 Å². The zero-order valence-corrected chi connectivity index (χ0v) is 18.1. The van der Waals surface area contributed by atoms with Gasteiger partial charge in [0, 0.05) is 15.7 Å². The lowest BCUT2D eigenvalue weighted by molar-refractivity contribution is 0.0689. The molecular formula is C20H16BrCl2N3O2. The number of benzene rings is 2. The summed E-state index contributed by atoms with van der Waals surface area (Å²) in [6.07, 6.45) is 0. The molecule has 2 heterocycles. The number of carboxylic acid groups (broad SMARTS) is 1. The lowest BCUT2D eigenvalue weighted by atomic mass is 9.81. The van der Waals surface area contributed by atoms with Gasteiger partial charge in [-0.2, -0.15) is 0 Å². The van der Waals surface area contributed by atoms with E-state index in [1.54, 1.807) is 12.1 Å². The first-order valence-electron chi connectivity index (χ1n) is 8.54. The van der Waals surface area contributed by atoms with Crippen LogP contribution in [0, 0.1) is 0 Å². The second-order valence-corrected chi connectivity index (χ2v) is 8.72. The number of aromatic nitrogens is 2. The summed E-state index contributed by atoms with van der Waals surface area (Å²) in [4.78, 5) is 16.2. The maximum absolute atomic E-state index is 11.9. The molecule has 0 amide bonds. The highest BCUT2D eigenvalue weighted by Gasteiger charge is 2.42. The Morgan fingerprint density at radius 3 is 2.61 bits per heavy atom. The van der Waals surface area contributed by atoms with Crippen LogP contribution in [0.1, 0.15) is 47.2 Å². The van der Waals surface area contributed by atoms with Crippen LogP contribution in [0.5, 0.6) is 0 Å². The van der Waals surface area contributed by atoms with Crippen LogP contribution in [-0.4, -0.2) is 20.6 Å². The predicted molar refractivity (Wildman–Crippen MR) is 114 cm³/mol. The minimum atomic E-state index is -1.08. The molecule has 0 aliphatic carbocycles. The van der Waals surface area contributed by atoms with E-state index >= 15 is 0 Å². The number of anilines is 1. The third-order valence-electron chi connectivity index (χ3n) is 5.03. The van der Waals surface area contributed by atoms with E-state index in [1.807, 2.05) is 48.7 Å². The molecular weight excluding hydrogens is 465 g/mol. The van der Waals surface area contributed by atoms with Gasteiger partial charge in [0.05, 0.1) is 17.3 Å². The van der Waals surface area contributed by atoms with Gasteiger partial charge in [0.25, 0.3) is 0 Å². The van der Waals surface area contributed by atoms with Gasteiger partial charge in [-0.3, -0.25) is 0 Å². The number of hydrogen-bond acceptors (Lipinski definition) is 3. The van der Waals surface area contributed by atoms with Crippen LogP contribution in [0.2, 0.25) is 10.0 Å². The molecule has 4 rings (SSSR count). The van der Waals surface area contributed by atoms with Crippen molar-refractivity contribution in [2.45, 2.75) is 25.4 Å². The summed E-state index contributed by atoms with van der Waals surface area (Å²) < 4.78 is 2.35. The maximum atomic E-state index is 11.9. The molecule has 0 saturated carbocycles. The molecule has 144 valence electrons. The van der Waals surface area contributed by atoms with Gasteiger partial charge < -0.3 is 15.0 Å². The van der Waals surface area contributed by atoms with E-state index in [1.165, 1.54) is 0 Å². The Balaban J connectivity index is 1.99. The number of nitrogens with zero attached hydrogens (tertiary/aromatic N) is 2. The van der Waals surface area contributed by atoms with Crippen LogP contribution in [-0.2, 0) is 5.54 Å². The molecule has 1 atom stereocenters. The molecule has 1 aromatic heterocycles. The summed E-state index contributed by atoms with van der Waals surface area (Å²) in [5, 5.41) is 14.4. The van der Waals surface area contributed by atoms with Crippen LogP contribution >= 0.6 is 39.1 Å². The average molecular weight is 481 g/mol. The second kappa shape index (κ2) is 6.79. The number of nitrogens with one attached hydrogen (secondary N) is 1. The molecule has 2 aromatic carbocycles. The van der Waals surface area contributed by atoms with Gasteiger partial charge in [0.15, 0.2) is 10.4 Å². The van der Waals surface area contributed by atoms with Crippen molar-refractivity contribution in [1.82, 2.24) is 9.55 Å². The lowest BCUT2D eigenvalue weighted by Crippen LogP contribution is -2.38. The minimum Gasteiger partial charge on any atom is -0.476 e. The highest BCUT2D eigenvalue weighted by Crippen LogP contribution is 2.46.